The molecule has 1 aromatic rings. The van der Waals surface area contributed by atoms with Gasteiger partial charge in [-0.3, -0.25) is 24.1 Å². The number of carbonyl (C=O) groups is 4. The Labute approximate surface area is 188 Å². The fraction of sp³-hybridized carbons (Fsp3) is 0.474. The maximum Gasteiger partial charge on any atom is 0.326 e. The smallest absolute Gasteiger partial charge is 0.326 e. The number of fused-ring (bicyclic) bond motifs is 5. The first-order chi connectivity index (χ1) is 13.8. The molecule has 3 aliphatic rings. The minimum atomic E-state index is -0.806. The average Bonchev–Trinajstić information content (AvgIpc) is 3.29. The number of anilines is 1. The summed E-state index contributed by atoms with van der Waals surface area (Å²) in [6.45, 7) is -1.02. The summed E-state index contributed by atoms with van der Waals surface area (Å²) in [6.07, 6.45) is 0.819. The number of hydrogen-bond donors (Lipinski definition) is 1. The van der Waals surface area contributed by atoms with Crippen molar-refractivity contribution in [3.8, 4) is 0 Å². The lowest BCUT2D eigenvalue weighted by Crippen LogP contribution is -2.38. The Kier molecular flexibility index (Phi) is 5.74. The van der Waals surface area contributed by atoms with Crippen LogP contribution >= 0.6 is 43.5 Å². The lowest BCUT2D eigenvalue weighted by molar-refractivity contribution is -0.154. The van der Waals surface area contributed by atoms with Crippen molar-refractivity contribution in [2.75, 3.05) is 18.5 Å². The number of amides is 3. The number of nitrogens with zero attached hydrogens (tertiary/aromatic N) is 1. The number of halogens is 3. The lowest BCUT2D eigenvalue weighted by Gasteiger charge is -2.28. The molecule has 2 bridgehead atoms. The van der Waals surface area contributed by atoms with Crippen LogP contribution in [0.1, 0.15) is 6.42 Å². The molecule has 1 aromatic carbocycles. The molecule has 1 N–H and O–H groups in total. The van der Waals surface area contributed by atoms with Crippen molar-refractivity contribution in [2.45, 2.75) is 16.1 Å². The fourth-order valence-electron chi connectivity index (χ4n) is 4.64. The number of imide groups is 1. The van der Waals surface area contributed by atoms with Crippen LogP contribution in [0.5, 0.6) is 0 Å². The van der Waals surface area contributed by atoms with Crippen LogP contribution in [0.4, 0.5) is 5.69 Å². The van der Waals surface area contributed by atoms with Crippen molar-refractivity contribution in [1.82, 2.24) is 4.90 Å². The van der Waals surface area contributed by atoms with Crippen LogP contribution in [0.25, 0.3) is 0 Å². The summed E-state index contributed by atoms with van der Waals surface area (Å²) >= 11 is 13.2. The number of nitrogens with one attached hydrogen (secondary N) is 1. The molecule has 2 saturated carbocycles. The van der Waals surface area contributed by atoms with Crippen LogP contribution in [0.3, 0.4) is 0 Å². The second-order valence-corrected chi connectivity index (χ2v) is 9.98. The highest BCUT2D eigenvalue weighted by Gasteiger charge is 2.66. The predicted octanol–water partition coefficient (Wildman–Crippen LogP) is 2.60. The van der Waals surface area contributed by atoms with Crippen molar-refractivity contribution in [2.24, 2.45) is 23.7 Å². The van der Waals surface area contributed by atoms with E-state index in [1.807, 2.05) is 0 Å². The molecule has 4 rings (SSSR count). The molecule has 1 aliphatic heterocycles. The molecule has 6 atom stereocenters. The van der Waals surface area contributed by atoms with E-state index in [-0.39, 0.29) is 45.1 Å². The number of ether oxygens (including phenoxy) is 1. The van der Waals surface area contributed by atoms with E-state index >= 15 is 0 Å². The van der Waals surface area contributed by atoms with Gasteiger partial charge >= 0.3 is 5.97 Å². The van der Waals surface area contributed by atoms with Gasteiger partial charge in [-0.1, -0.05) is 55.6 Å². The van der Waals surface area contributed by atoms with E-state index in [2.05, 4.69) is 37.2 Å². The number of carbonyl (C=O) groups excluding carboxylic acids is 4. The summed E-state index contributed by atoms with van der Waals surface area (Å²) in [5.74, 6) is -2.64. The van der Waals surface area contributed by atoms with Gasteiger partial charge in [-0.25, -0.2) is 0 Å². The van der Waals surface area contributed by atoms with Gasteiger partial charge in [-0.05, 0) is 30.4 Å². The van der Waals surface area contributed by atoms with Gasteiger partial charge in [-0.15, -0.1) is 0 Å². The first-order valence-electron chi connectivity index (χ1n) is 9.13. The molecule has 3 amide bonds. The first-order valence-corrected chi connectivity index (χ1v) is 11.3. The van der Waals surface area contributed by atoms with E-state index in [0.29, 0.717) is 10.7 Å². The average molecular weight is 549 g/mol. The van der Waals surface area contributed by atoms with E-state index in [9.17, 15) is 19.2 Å². The molecule has 3 fully saturated rings. The second kappa shape index (κ2) is 8.00. The Hall–Kier alpha value is -1.45. The number of alkyl halides is 2. The van der Waals surface area contributed by atoms with E-state index in [0.717, 1.165) is 11.3 Å². The Morgan fingerprint density at radius 3 is 2.28 bits per heavy atom. The highest BCUT2D eigenvalue weighted by atomic mass is 79.9. The summed E-state index contributed by atoms with van der Waals surface area (Å²) in [4.78, 5) is 50.9. The van der Waals surface area contributed by atoms with Gasteiger partial charge in [0.1, 0.15) is 6.54 Å². The Balaban J connectivity index is 1.32. The standard InChI is InChI=1S/C19H17Br2ClN2O5/c20-16-8-5-9(17(16)21)15-14(8)18(27)24(19(15)28)6-13(26)29-7-12(25)23-11-4-2-1-3-10(11)22/h1-4,8-9,14-17H,5-7H2,(H,23,25)/t8-,9-,14-,15-,16+,17+/m1/s1. The second-order valence-electron chi connectivity index (χ2n) is 7.46. The van der Waals surface area contributed by atoms with Gasteiger partial charge < -0.3 is 10.1 Å². The van der Waals surface area contributed by atoms with Gasteiger partial charge in [0.2, 0.25) is 11.8 Å². The minimum Gasteiger partial charge on any atom is -0.454 e. The molecule has 1 heterocycles. The van der Waals surface area contributed by atoms with Gasteiger partial charge in [0, 0.05) is 9.65 Å². The van der Waals surface area contributed by atoms with Crippen molar-refractivity contribution in [1.29, 1.82) is 0 Å². The van der Waals surface area contributed by atoms with Gasteiger partial charge in [0.15, 0.2) is 6.61 Å². The van der Waals surface area contributed by atoms with Crippen LogP contribution in [0, 0.1) is 23.7 Å². The van der Waals surface area contributed by atoms with Gasteiger partial charge in [0.25, 0.3) is 5.91 Å². The molecule has 10 heteroatoms. The van der Waals surface area contributed by atoms with E-state index in [1.54, 1.807) is 24.3 Å². The molecule has 154 valence electrons. The van der Waals surface area contributed by atoms with E-state index < -0.39 is 25.0 Å². The lowest BCUT2D eigenvalue weighted by atomic mass is 9.81. The topological polar surface area (TPSA) is 92.8 Å². The number of benzene rings is 1. The zero-order chi connectivity index (χ0) is 20.9. The molecule has 0 radical (unpaired) electrons. The molecule has 1 saturated heterocycles. The molecule has 0 spiro atoms. The van der Waals surface area contributed by atoms with Gasteiger partial charge in [0.05, 0.1) is 22.5 Å². The van der Waals surface area contributed by atoms with Crippen LogP contribution in [-0.4, -0.2) is 51.4 Å². The zero-order valence-electron chi connectivity index (χ0n) is 15.0. The summed E-state index contributed by atoms with van der Waals surface area (Å²) in [5, 5.41) is 2.89. The SMILES string of the molecule is O=C(COC(=O)CN1C(=O)[C@@H]2[C@H]3C[C@@H]([C@H](Br)[C@H]3Br)[C@H]2C1=O)Nc1ccccc1Cl. The van der Waals surface area contributed by atoms with Gasteiger partial charge in [-0.2, -0.15) is 0 Å². The molecule has 2 aliphatic carbocycles. The number of para-hydroxylation sites is 1. The third-order valence-electron chi connectivity index (χ3n) is 5.88. The van der Waals surface area contributed by atoms with Crippen molar-refractivity contribution >= 4 is 72.8 Å². The molecule has 29 heavy (non-hydrogen) atoms. The van der Waals surface area contributed by atoms with Crippen molar-refractivity contribution < 1.29 is 23.9 Å². The molecule has 7 nitrogen and oxygen atoms in total. The largest absolute Gasteiger partial charge is 0.454 e. The van der Waals surface area contributed by atoms with E-state index in [4.69, 9.17) is 16.3 Å². The zero-order valence-corrected chi connectivity index (χ0v) is 18.9. The molecule has 0 aromatic heterocycles. The predicted molar refractivity (Wildman–Crippen MR) is 112 cm³/mol. The Morgan fingerprint density at radius 1 is 1.10 bits per heavy atom. The third kappa shape index (κ3) is 3.61. The minimum absolute atomic E-state index is 0.0771. The first kappa shape index (κ1) is 20.8. The van der Waals surface area contributed by atoms with Crippen LogP contribution in [0.15, 0.2) is 24.3 Å². The summed E-state index contributed by atoms with van der Waals surface area (Å²) < 4.78 is 4.95. The number of hydrogen-bond acceptors (Lipinski definition) is 5. The fourth-order valence-corrected chi connectivity index (χ4v) is 6.69. The normalized spacial score (nSPS) is 32.4. The number of likely N-dealkylation sites (tertiary alicyclic amines) is 1. The maximum atomic E-state index is 12.8. The monoisotopic (exact) mass is 546 g/mol. The Bertz CT molecular complexity index is 865. The molecular formula is C19H17Br2ClN2O5. The number of rotatable bonds is 5. The highest BCUT2D eigenvalue weighted by Crippen LogP contribution is 2.60. The van der Waals surface area contributed by atoms with Crippen LogP contribution in [-0.2, 0) is 23.9 Å². The Morgan fingerprint density at radius 2 is 1.69 bits per heavy atom. The molecule has 0 unspecified atom stereocenters. The van der Waals surface area contributed by atoms with E-state index in [1.165, 1.54) is 0 Å². The molecular weight excluding hydrogens is 531 g/mol. The quantitative estimate of drug-likeness (QED) is 0.347. The summed E-state index contributed by atoms with van der Waals surface area (Å²) in [5.41, 5.74) is 0.400. The maximum absolute atomic E-state index is 12.8. The highest BCUT2D eigenvalue weighted by molar-refractivity contribution is 9.12. The van der Waals surface area contributed by atoms with Crippen LogP contribution in [0.2, 0.25) is 5.02 Å². The van der Waals surface area contributed by atoms with Crippen molar-refractivity contribution in [3.05, 3.63) is 29.3 Å². The third-order valence-corrected chi connectivity index (χ3v) is 9.41. The summed E-state index contributed by atoms with van der Waals surface area (Å²) in [7, 11) is 0. The van der Waals surface area contributed by atoms with Crippen molar-refractivity contribution in [3.63, 3.8) is 0 Å². The summed E-state index contributed by atoms with van der Waals surface area (Å²) in [6, 6.07) is 6.66. The van der Waals surface area contributed by atoms with Crippen LogP contribution < -0.4 is 5.32 Å². The number of esters is 1.